The van der Waals surface area contributed by atoms with Crippen LogP contribution in [-0.4, -0.2) is 14.4 Å². The Bertz CT molecular complexity index is 236. The van der Waals surface area contributed by atoms with Gasteiger partial charge in [-0.25, -0.2) is 0 Å². The van der Waals surface area contributed by atoms with Crippen molar-refractivity contribution in [2.45, 2.75) is 110 Å². The molecule has 0 aliphatic carbocycles. The first-order valence-electron chi connectivity index (χ1n) is 9.31. The smallest absolute Gasteiger partial charge is 0.190 e. The summed E-state index contributed by atoms with van der Waals surface area (Å²) in [6.07, 6.45) is 14.3. The first kappa shape index (κ1) is 18.2. The maximum absolute atomic E-state index is 6.67. The van der Waals surface area contributed by atoms with E-state index in [1.54, 1.807) is 0 Å². The van der Waals surface area contributed by atoms with Gasteiger partial charge in [-0.1, -0.05) is 65.7 Å². The van der Waals surface area contributed by atoms with Gasteiger partial charge in [0.05, 0.1) is 0 Å². The average molecular weight is 299 g/mol. The van der Waals surface area contributed by atoms with E-state index < -0.39 is 8.32 Å². The lowest BCUT2D eigenvalue weighted by Gasteiger charge is -2.35. The summed E-state index contributed by atoms with van der Waals surface area (Å²) in [5, 5.41) is 0. The largest absolute Gasteiger partial charge is 0.414 e. The Hall–Kier alpha value is 0.177. The van der Waals surface area contributed by atoms with Crippen molar-refractivity contribution >= 4 is 8.32 Å². The predicted molar refractivity (Wildman–Crippen MR) is 92.8 cm³/mol. The minimum Gasteiger partial charge on any atom is -0.414 e. The van der Waals surface area contributed by atoms with Crippen molar-refractivity contribution in [3.8, 4) is 0 Å². The van der Waals surface area contributed by atoms with Crippen LogP contribution < -0.4 is 0 Å². The molecule has 0 aromatic rings. The fourth-order valence-electron chi connectivity index (χ4n) is 3.63. The average Bonchev–Trinajstić information content (AvgIpc) is 2.46. The van der Waals surface area contributed by atoms with Crippen molar-refractivity contribution in [1.29, 1.82) is 0 Å². The van der Waals surface area contributed by atoms with E-state index in [4.69, 9.17) is 4.43 Å². The summed E-state index contributed by atoms with van der Waals surface area (Å²) in [5.41, 5.74) is 0. The third-order valence-corrected chi connectivity index (χ3v) is 8.98. The predicted octanol–water partition coefficient (Wildman–Crippen LogP) is 6.54. The topological polar surface area (TPSA) is 9.23 Å². The van der Waals surface area contributed by atoms with Crippen LogP contribution in [0.25, 0.3) is 0 Å². The van der Waals surface area contributed by atoms with Gasteiger partial charge in [0.1, 0.15) is 0 Å². The van der Waals surface area contributed by atoms with Gasteiger partial charge < -0.3 is 4.43 Å². The van der Waals surface area contributed by atoms with E-state index in [1.807, 2.05) is 0 Å². The minimum atomic E-state index is -1.33. The molecule has 2 unspecified atom stereocenters. The zero-order chi connectivity index (χ0) is 14.8. The van der Waals surface area contributed by atoms with Crippen molar-refractivity contribution in [2.75, 3.05) is 0 Å². The van der Waals surface area contributed by atoms with Crippen LogP contribution in [0.5, 0.6) is 0 Å². The van der Waals surface area contributed by atoms with Crippen LogP contribution in [0.2, 0.25) is 18.6 Å². The van der Waals surface area contributed by atoms with E-state index in [0.29, 0.717) is 6.10 Å². The fourth-order valence-corrected chi connectivity index (χ4v) is 7.20. The molecule has 0 aromatic carbocycles. The second-order valence-corrected chi connectivity index (χ2v) is 11.3. The van der Waals surface area contributed by atoms with E-state index in [0.717, 1.165) is 5.92 Å². The molecular formula is C18H38OSi. The summed E-state index contributed by atoms with van der Waals surface area (Å²) in [6, 6.07) is 2.83. The van der Waals surface area contributed by atoms with Crippen LogP contribution in [-0.2, 0) is 4.43 Å². The van der Waals surface area contributed by atoms with E-state index in [2.05, 4.69) is 27.3 Å². The van der Waals surface area contributed by atoms with Gasteiger partial charge in [0.25, 0.3) is 0 Å². The first-order valence-corrected chi connectivity index (χ1v) is 12.1. The summed E-state index contributed by atoms with van der Waals surface area (Å²) in [4.78, 5) is 0. The molecule has 0 radical (unpaired) electrons. The lowest BCUT2D eigenvalue weighted by molar-refractivity contribution is 0.158. The summed E-state index contributed by atoms with van der Waals surface area (Å²) in [6.45, 7) is 9.47. The van der Waals surface area contributed by atoms with Crippen molar-refractivity contribution in [1.82, 2.24) is 0 Å². The lowest BCUT2D eigenvalue weighted by Crippen LogP contribution is -2.40. The summed E-state index contributed by atoms with van der Waals surface area (Å²) >= 11 is 0. The normalized spacial score (nSPS) is 21.6. The van der Waals surface area contributed by atoms with Crippen molar-refractivity contribution in [3.05, 3.63) is 0 Å². The third kappa shape index (κ3) is 6.75. The Balaban J connectivity index is 2.34. The molecule has 0 saturated carbocycles. The molecule has 0 spiro atoms. The Morgan fingerprint density at radius 2 is 1.60 bits per heavy atom. The number of hydrogen-bond donors (Lipinski definition) is 0. The Morgan fingerprint density at radius 1 is 0.900 bits per heavy atom. The molecular weight excluding hydrogens is 260 g/mol. The van der Waals surface area contributed by atoms with Gasteiger partial charge in [0.2, 0.25) is 0 Å². The van der Waals surface area contributed by atoms with Crippen molar-refractivity contribution in [3.63, 3.8) is 0 Å². The van der Waals surface area contributed by atoms with Crippen LogP contribution in [0.15, 0.2) is 0 Å². The van der Waals surface area contributed by atoms with Crippen molar-refractivity contribution in [2.24, 2.45) is 5.92 Å². The van der Waals surface area contributed by atoms with Crippen LogP contribution in [0, 0.1) is 5.92 Å². The zero-order valence-corrected chi connectivity index (χ0v) is 15.5. The molecule has 1 nitrogen and oxygen atoms in total. The minimum absolute atomic E-state index is 0.556. The van der Waals surface area contributed by atoms with Crippen LogP contribution >= 0.6 is 0 Å². The van der Waals surface area contributed by atoms with Gasteiger partial charge >= 0.3 is 0 Å². The molecule has 1 heterocycles. The Kier molecular flexibility index (Phi) is 9.11. The van der Waals surface area contributed by atoms with Gasteiger partial charge in [-0.15, -0.1) is 0 Å². The fraction of sp³-hybridized carbons (Fsp3) is 1.00. The highest BCUT2D eigenvalue weighted by molar-refractivity contribution is 6.72. The maximum Gasteiger partial charge on any atom is 0.190 e. The molecule has 2 heteroatoms. The van der Waals surface area contributed by atoms with E-state index in [9.17, 15) is 0 Å². The number of rotatable bonds is 10. The molecule has 0 bridgehead atoms. The first-order chi connectivity index (χ1) is 9.63. The summed E-state index contributed by atoms with van der Waals surface area (Å²) in [5.74, 6) is 0.938. The monoisotopic (exact) mass is 298 g/mol. The number of unbranched alkanes of at least 4 members (excludes halogenated alkanes) is 1. The molecule has 120 valence electrons. The lowest BCUT2D eigenvalue weighted by atomic mass is 9.93. The molecule has 0 N–H and O–H groups in total. The van der Waals surface area contributed by atoms with Crippen molar-refractivity contribution < 1.29 is 4.43 Å². The number of hydrogen-bond acceptors (Lipinski definition) is 1. The Morgan fingerprint density at radius 3 is 2.15 bits per heavy atom. The molecule has 1 fully saturated rings. The Labute approximate surface area is 129 Å². The molecule has 1 aliphatic rings. The third-order valence-electron chi connectivity index (χ3n) is 5.26. The molecule has 20 heavy (non-hydrogen) atoms. The summed E-state index contributed by atoms with van der Waals surface area (Å²) < 4.78 is 6.67. The van der Waals surface area contributed by atoms with Crippen LogP contribution in [0.3, 0.4) is 0 Å². The molecule has 1 rings (SSSR count). The van der Waals surface area contributed by atoms with E-state index >= 15 is 0 Å². The van der Waals surface area contributed by atoms with Crippen LogP contribution in [0.1, 0.15) is 85.0 Å². The van der Waals surface area contributed by atoms with Crippen LogP contribution in [0.4, 0.5) is 0 Å². The van der Waals surface area contributed by atoms with E-state index in [-0.39, 0.29) is 0 Å². The molecule has 2 atom stereocenters. The quantitative estimate of drug-likeness (QED) is 0.416. The highest BCUT2D eigenvalue weighted by Gasteiger charge is 2.33. The van der Waals surface area contributed by atoms with E-state index in [1.165, 1.54) is 76.3 Å². The van der Waals surface area contributed by atoms with Gasteiger partial charge in [0, 0.05) is 6.10 Å². The van der Waals surface area contributed by atoms with Gasteiger partial charge in [-0.3, -0.25) is 0 Å². The second-order valence-electron chi connectivity index (χ2n) is 7.15. The second kappa shape index (κ2) is 10.00. The molecule has 1 aliphatic heterocycles. The highest BCUT2D eigenvalue weighted by atomic mass is 28.4. The zero-order valence-electron chi connectivity index (χ0n) is 14.5. The standard InChI is InChI=1S/C18H38OSi/c1-5-8-12-17(6-2)13-14-18(7-3)19-20(4)15-10-9-11-16-20/h17-18H,5-16H2,1-4H3. The van der Waals surface area contributed by atoms with Gasteiger partial charge in [0.15, 0.2) is 8.32 Å². The molecule has 0 aromatic heterocycles. The SMILES string of the molecule is CCCCC(CC)CCC(CC)O[Si]1(C)CCCCC1. The van der Waals surface area contributed by atoms with Gasteiger partial charge in [-0.2, -0.15) is 0 Å². The molecule has 1 saturated heterocycles. The maximum atomic E-state index is 6.67. The molecule has 0 amide bonds. The summed E-state index contributed by atoms with van der Waals surface area (Å²) in [7, 11) is -1.33. The van der Waals surface area contributed by atoms with Gasteiger partial charge in [-0.05, 0) is 43.8 Å². The highest BCUT2D eigenvalue weighted by Crippen LogP contribution is 2.32.